The number of hydrogen-bond acceptors (Lipinski definition) is 27. The van der Waals surface area contributed by atoms with Crippen LogP contribution in [0.3, 0.4) is 0 Å². The van der Waals surface area contributed by atoms with E-state index in [2.05, 4.69) is 95.0 Å². The van der Waals surface area contributed by atoms with Crippen molar-refractivity contribution in [2.45, 2.75) is 241 Å². The zero-order valence-corrected chi connectivity index (χ0v) is 72.5. The summed E-state index contributed by atoms with van der Waals surface area (Å²) < 4.78 is 0. The van der Waals surface area contributed by atoms with Crippen molar-refractivity contribution in [1.29, 1.82) is 10.8 Å². The number of amides is 16. The highest BCUT2D eigenvalue weighted by Gasteiger charge is 2.41. The Morgan fingerprint density at radius 2 is 0.798 bits per heavy atom. The van der Waals surface area contributed by atoms with Gasteiger partial charge >= 0.3 is 11.9 Å². The van der Waals surface area contributed by atoms with Crippen LogP contribution in [0.15, 0.2) is 67.1 Å². The van der Waals surface area contributed by atoms with E-state index in [0.29, 0.717) is 24.1 Å². The molecule has 17 atom stereocenters. The van der Waals surface area contributed by atoms with E-state index >= 15 is 0 Å². The van der Waals surface area contributed by atoms with Crippen molar-refractivity contribution < 1.29 is 117 Å². The van der Waals surface area contributed by atoms with Crippen LogP contribution in [0.5, 0.6) is 5.75 Å². The quantitative estimate of drug-likeness (QED) is 0.0142. The molecule has 50 heteroatoms. The van der Waals surface area contributed by atoms with Gasteiger partial charge in [-0.05, 0) is 114 Å². The number of nitrogens with zero attached hydrogens (tertiary/aromatic N) is 1. The number of rotatable bonds is 59. The number of hydrogen-bond donors (Lipinski definition) is 31. The van der Waals surface area contributed by atoms with Crippen molar-refractivity contribution in [3.05, 3.63) is 83.9 Å². The number of aromatic hydroxyl groups is 1. The molecule has 16 amide bonds. The largest absolute Gasteiger partial charge is 0.508 e. The summed E-state index contributed by atoms with van der Waals surface area (Å²) in [7, 11) is 0. The summed E-state index contributed by atoms with van der Waals surface area (Å²) in [6.45, 7) is 8.70. The lowest BCUT2D eigenvalue weighted by Crippen LogP contribution is -2.63. The number of aliphatic carboxylic acids is 2. The number of carbonyl (C=O) groups is 18. The van der Waals surface area contributed by atoms with Crippen LogP contribution in [0.4, 0.5) is 0 Å². The van der Waals surface area contributed by atoms with Gasteiger partial charge in [0.25, 0.3) is 0 Å². The van der Waals surface area contributed by atoms with Crippen LogP contribution >= 0.6 is 0 Å². The van der Waals surface area contributed by atoms with Crippen molar-refractivity contribution in [2.75, 3.05) is 26.2 Å². The lowest BCUT2D eigenvalue weighted by molar-refractivity contribution is -0.142. The third kappa shape index (κ3) is 40.6. The number of phenols is 1. The minimum Gasteiger partial charge on any atom is -0.508 e. The van der Waals surface area contributed by atoms with E-state index < -0.39 is 253 Å². The minimum atomic E-state index is -2.29. The predicted octanol–water partition coefficient (Wildman–Crippen LogP) is -10.3. The monoisotopic (exact) mass is 1820 g/mol. The smallest absolute Gasteiger partial charge is 0.305 e. The van der Waals surface area contributed by atoms with Gasteiger partial charge in [-0.1, -0.05) is 70.2 Å². The first kappa shape index (κ1) is 109. The highest BCUT2D eigenvalue weighted by molar-refractivity contribution is 6.02. The molecule has 0 aliphatic carbocycles. The average molecular weight is 1820 g/mol. The van der Waals surface area contributed by atoms with Crippen molar-refractivity contribution in [3.8, 4) is 5.75 Å². The van der Waals surface area contributed by atoms with Crippen LogP contribution in [0.1, 0.15) is 136 Å². The number of phenolic OH excluding ortho intramolecular Hbond substituents is 1. The van der Waals surface area contributed by atoms with Gasteiger partial charge in [0.2, 0.25) is 94.5 Å². The number of unbranched alkanes of at least 4 members (excludes halogenated alkanes) is 1. The fourth-order valence-corrected chi connectivity index (χ4v) is 12.5. The number of aliphatic hydroxyl groups is 3. The molecule has 0 aliphatic heterocycles. The van der Waals surface area contributed by atoms with Crippen LogP contribution in [0.25, 0.3) is 0 Å². The number of carboxylic acids is 2. The van der Waals surface area contributed by atoms with Gasteiger partial charge in [0.1, 0.15) is 90.3 Å². The number of benzene rings is 2. The maximum atomic E-state index is 14.7. The number of carbonyl (C=O) groups excluding carboxylic acids is 16. The van der Waals surface area contributed by atoms with Crippen LogP contribution in [-0.2, 0) is 106 Å². The van der Waals surface area contributed by atoms with Crippen LogP contribution in [0, 0.1) is 22.7 Å². The molecule has 714 valence electrons. The average Bonchev–Trinajstić information content (AvgIpc) is 0.847. The molecule has 0 spiro atoms. The van der Waals surface area contributed by atoms with Crippen molar-refractivity contribution in [1.82, 2.24) is 95.0 Å². The molecule has 129 heavy (non-hydrogen) atoms. The third-order valence-electron chi connectivity index (χ3n) is 19.4. The molecule has 37 N–H and O–H groups in total. The van der Waals surface area contributed by atoms with Crippen LogP contribution in [-0.4, -0.2) is 288 Å². The molecule has 0 bridgehead atoms. The number of carboxylic acid groups (broad SMARTS) is 2. The highest BCUT2D eigenvalue weighted by atomic mass is 16.4. The Kier molecular flexibility index (Phi) is 47.2. The van der Waals surface area contributed by atoms with Crippen molar-refractivity contribution >= 4 is 118 Å². The topological polar surface area (TPSA) is 854 Å². The van der Waals surface area contributed by atoms with E-state index in [0.717, 1.165) is 20.8 Å². The van der Waals surface area contributed by atoms with Gasteiger partial charge in [-0.25, -0.2) is 4.98 Å². The standard InChI is InChI=1S/C79H124N26O24/c1-37(2)27-50(69(121)94-48(18-13-25-89-78(84)85)66(118)93-47(63(83)115)17-11-12-24-80)96-67(119)49(19-14-26-90-79(86)87)95-76(128)61(40(6)107)104-72(124)51(29-43-20-22-45(109)23-21-43)97-70(122)53(31-57(82)110)98-71(123)55(33-59(113)114)101-77(129)62(41(7)108)105-73(125)52(28-42-15-9-8-10-16-42)100-75(127)60(38(3)4)103-64(116)39(5)92-68(120)54(32-58(111)112)99-74(126)56(35-106)102-65(117)46(81)30-44-34-88-36-91-44/h8-10,15-16,20-23,34,36-41,46-56,60-62,106-109H,11-14,17-19,24-33,35,80-81H2,1-7H3,(H2,82,110)(H2,83,115)(H,88,91)(H,92,120)(H,93,118)(H,94,121)(H,95,128)(H,96,119)(H,97,122)(H,98,123)(H,99,126)(H,100,127)(H,101,129)(H,102,117)(H,103,116)(H,104,124)(H,105,125)(H,111,112)(H,113,114)(H4,84,85,89)(H4,86,87,90)/t39-,40+,41+,46-,47-,48-,49-,50-,51-,52-,53-,54-,55-,56-,60-,61-,62-/m0/s1. The first-order chi connectivity index (χ1) is 60.6. The van der Waals surface area contributed by atoms with Gasteiger partial charge in [-0.15, -0.1) is 0 Å². The van der Waals surface area contributed by atoms with Gasteiger partial charge in [0, 0.05) is 44.2 Å². The molecule has 1 aromatic heterocycles. The van der Waals surface area contributed by atoms with E-state index in [1.165, 1.54) is 62.8 Å². The molecule has 0 saturated heterocycles. The number of guanidine groups is 2. The molecule has 2 aromatic carbocycles. The Balaban J connectivity index is 1.97. The number of aromatic nitrogens is 2. The van der Waals surface area contributed by atoms with Crippen molar-refractivity contribution in [3.63, 3.8) is 0 Å². The Morgan fingerprint density at radius 3 is 1.23 bits per heavy atom. The van der Waals surface area contributed by atoms with Gasteiger partial charge in [0.05, 0.1) is 50.4 Å². The van der Waals surface area contributed by atoms with E-state index in [9.17, 15) is 117 Å². The van der Waals surface area contributed by atoms with E-state index in [1.54, 1.807) is 32.0 Å². The molecular formula is C79H124N26O24. The summed E-state index contributed by atoms with van der Waals surface area (Å²) in [5, 5.41) is 115. The normalized spacial score (nSPS) is 15.1. The maximum Gasteiger partial charge on any atom is 0.305 e. The molecule has 3 aromatic rings. The highest BCUT2D eigenvalue weighted by Crippen LogP contribution is 2.17. The summed E-state index contributed by atoms with van der Waals surface area (Å²) in [6, 6.07) is -13.5. The van der Waals surface area contributed by atoms with Crippen LogP contribution in [0.2, 0.25) is 0 Å². The molecule has 0 radical (unpaired) electrons. The lowest BCUT2D eigenvalue weighted by Gasteiger charge is -2.29. The number of aromatic amines is 1. The Labute approximate surface area is 741 Å². The van der Waals surface area contributed by atoms with E-state index in [4.69, 9.17) is 45.2 Å². The lowest BCUT2D eigenvalue weighted by atomic mass is 10.00. The minimum absolute atomic E-state index is 0.0334. The summed E-state index contributed by atoms with van der Waals surface area (Å²) in [5.74, 6) is -24.6. The Bertz CT molecular complexity index is 4310. The second-order valence-electron chi connectivity index (χ2n) is 31.3. The summed E-state index contributed by atoms with van der Waals surface area (Å²) >= 11 is 0. The molecule has 1 heterocycles. The number of H-pyrrole nitrogens is 1. The SMILES string of the molecule is CC(C)C[C@H](NC(=O)[C@H](CCCNC(=N)N)NC(=O)[C@@H](NC(=O)[C@H](Cc1ccc(O)cc1)NC(=O)[C@H](CC(N)=O)NC(=O)[C@H](CC(=O)O)NC(=O)[C@@H](NC(=O)[C@H](Cc1ccccc1)NC(=O)[C@@H](NC(=O)[C@H](C)NC(=O)[C@H](CC(=O)O)NC(=O)[C@H](CO)NC(=O)[C@@H](N)Cc1cnc[nH]1)C(C)C)[C@@H](C)O)[C@@H](C)O)C(=O)N[C@@H](CCCNC(=N)N)C(=O)N[C@@H](CCCCN)C(N)=O. The zero-order chi connectivity index (χ0) is 97.1. The summed E-state index contributed by atoms with van der Waals surface area (Å²) in [6.07, 6.45) is -5.09. The van der Waals surface area contributed by atoms with E-state index in [1.807, 2.05) is 0 Å². The van der Waals surface area contributed by atoms with Gasteiger partial charge in [-0.2, -0.15) is 0 Å². The number of nitrogens with two attached hydrogens (primary N) is 6. The number of primary amides is 2. The Morgan fingerprint density at radius 1 is 0.419 bits per heavy atom. The Hall–Kier alpha value is -13.7. The number of aliphatic hydroxyl groups excluding tert-OH is 3. The van der Waals surface area contributed by atoms with Crippen molar-refractivity contribution in [2.24, 2.45) is 46.2 Å². The molecular weight excluding hydrogens is 1700 g/mol. The summed E-state index contributed by atoms with van der Waals surface area (Å²) in [5.41, 5.74) is 34.7. The molecule has 3 rings (SSSR count). The third-order valence-corrected chi connectivity index (χ3v) is 19.4. The second-order valence-corrected chi connectivity index (χ2v) is 31.3. The first-order valence-corrected chi connectivity index (χ1v) is 41.3. The fraction of sp³-hybridized carbons (Fsp3) is 0.557. The van der Waals surface area contributed by atoms with Gasteiger partial charge in [0.15, 0.2) is 11.9 Å². The first-order valence-electron chi connectivity index (χ1n) is 41.3. The van der Waals surface area contributed by atoms with E-state index in [-0.39, 0.29) is 94.2 Å². The maximum absolute atomic E-state index is 14.7. The summed E-state index contributed by atoms with van der Waals surface area (Å²) in [4.78, 5) is 254. The second kappa shape index (κ2) is 55.7. The molecule has 0 unspecified atom stereocenters. The molecule has 0 fully saturated rings. The van der Waals surface area contributed by atoms with Gasteiger partial charge < -0.3 is 155 Å². The molecule has 0 aliphatic rings. The number of imidazole rings is 1. The van der Waals surface area contributed by atoms with Crippen LogP contribution < -0.4 is 119 Å². The molecule has 0 saturated carbocycles. The zero-order valence-electron chi connectivity index (χ0n) is 72.5. The fourth-order valence-electron chi connectivity index (χ4n) is 12.5. The number of nitrogens with one attached hydrogen (secondary N) is 19. The predicted molar refractivity (Wildman–Crippen MR) is 458 cm³/mol. The molecule has 50 nitrogen and oxygen atoms in total. The van der Waals surface area contributed by atoms with Gasteiger partial charge in [-0.3, -0.25) is 97.1 Å².